The molecule has 126 valence electrons. The van der Waals surface area contributed by atoms with E-state index in [0.29, 0.717) is 18.4 Å². The number of hydrogen-bond acceptors (Lipinski definition) is 2. The van der Waals surface area contributed by atoms with Crippen LogP contribution in [0, 0.1) is 0 Å². The van der Waals surface area contributed by atoms with Crippen molar-refractivity contribution in [2.75, 3.05) is 32.8 Å². The molecule has 4 nitrogen and oxygen atoms in total. The summed E-state index contributed by atoms with van der Waals surface area (Å²) in [6, 6.07) is 21.1. The minimum Gasteiger partial charge on any atom is -0.378 e. The van der Waals surface area contributed by atoms with E-state index in [4.69, 9.17) is 10.5 Å². The predicted octanol–water partition coefficient (Wildman–Crippen LogP) is 2.66. The highest BCUT2D eigenvalue weighted by Gasteiger charge is 2.15. The number of benzene rings is 2. The lowest BCUT2D eigenvalue weighted by Gasteiger charge is -2.28. The van der Waals surface area contributed by atoms with Crippen molar-refractivity contribution in [3.8, 4) is 0 Å². The molecular formula is C20H25N3O. The largest absolute Gasteiger partial charge is 0.378 e. The van der Waals surface area contributed by atoms with E-state index in [0.717, 1.165) is 32.7 Å². The van der Waals surface area contributed by atoms with Gasteiger partial charge in [-0.3, -0.25) is 4.99 Å². The third kappa shape index (κ3) is 4.59. The minimum atomic E-state index is 0.327. The van der Waals surface area contributed by atoms with Gasteiger partial charge in [-0.1, -0.05) is 60.7 Å². The molecule has 0 bridgehead atoms. The molecule has 0 saturated carbocycles. The van der Waals surface area contributed by atoms with Crippen LogP contribution in [0.4, 0.5) is 0 Å². The lowest BCUT2D eigenvalue weighted by atomic mass is 9.92. The van der Waals surface area contributed by atoms with E-state index >= 15 is 0 Å². The second-order valence-electron chi connectivity index (χ2n) is 6.10. The monoisotopic (exact) mass is 323 g/mol. The molecule has 0 spiro atoms. The highest BCUT2D eigenvalue weighted by Crippen LogP contribution is 2.21. The van der Waals surface area contributed by atoms with E-state index in [-0.39, 0.29) is 0 Å². The zero-order valence-electron chi connectivity index (χ0n) is 14.0. The van der Waals surface area contributed by atoms with Crippen molar-refractivity contribution in [3.63, 3.8) is 0 Å². The van der Waals surface area contributed by atoms with E-state index in [9.17, 15) is 0 Å². The van der Waals surface area contributed by atoms with Gasteiger partial charge in [-0.25, -0.2) is 0 Å². The Balaban J connectivity index is 1.72. The van der Waals surface area contributed by atoms with Crippen molar-refractivity contribution in [2.24, 2.45) is 10.7 Å². The maximum atomic E-state index is 6.19. The molecule has 4 heteroatoms. The summed E-state index contributed by atoms with van der Waals surface area (Å²) in [5.41, 5.74) is 8.82. The normalized spacial score (nSPS) is 16.8. The van der Waals surface area contributed by atoms with Gasteiger partial charge in [0.15, 0.2) is 5.96 Å². The van der Waals surface area contributed by atoms with E-state index in [1.165, 1.54) is 11.1 Å². The van der Waals surface area contributed by atoms with Gasteiger partial charge in [0, 0.05) is 25.6 Å². The standard InChI is InChI=1S/C20H25N3O/c21-20(23-11-13-24-14-12-23)22-16-19(18-9-5-2-6-10-18)15-17-7-3-1-4-8-17/h1-10,19H,11-16H2,(H2,21,22). The van der Waals surface area contributed by atoms with E-state index in [2.05, 4.69) is 70.6 Å². The van der Waals surface area contributed by atoms with Gasteiger partial charge >= 0.3 is 0 Å². The zero-order valence-corrected chi connectivity index (χ0v) is 14.0. The van der Waals surface area contributed by atoms with Crippen molar-refractivity contribution in [3.05, 3.63) is 71.8 Å². The fraction of sp³-hybridized carbons (Fsp3) is 0.350. The molecule has 24 heavy (non-hydrogen) atoms. The summed E-state index contributed by atoms with van der Waals surface area (Å²) in [5.74, 6) is 0.959. The van der Waals surface area contributed by atoms with Gasteiger partial charge in [0.05, 0.1) is 13.2 Å². The SMILES string of the molecule is NC(=NCC(Cc1ccccc1)c1ccccc1)N1CCOCC1. The highest BCUT2D eigenvalue weighted by molar-refractivity contribution is 5.78. The second-order valence-corrected chi connectivity index (χ2v) is 6.10. The average molecular weight is 323 g/mol. The molecule has 0 aromatic heterocycles. The molecule has 0 amide bonds. The van der Waals surface area contributed by atoms with Crippen LogP contribution in [0.25, 0.3) is 0 Å². The van der Waals surface area contributed by atoms with Crippen molar-refractivity contribution in [1.82, 2.24) is 4.90 Å². The molecule has 1 aliphatic rings. The van der Waals surface area contributed by atoms with Crippen molar-refractivity contribution in [2.45, 2.75) is 12.3 Å². The number of guanidine groups is 1. The molecule has 2 aromatic carbocycles. The summed E-state index contributed by atoms with van der Waals surface area (Å²) in [7, 11) is 0. The van der Waals surface area contributed by atoms with Crippen LogP contribution in [0.3, 0.4) is 0 Å². The number of ether oxygens (including phenoxy) is 1. The van der Waals surface area contributed by atoms with Crippen LogP contribution < -0.4 is 5.73 Å². The maximum Gasteiger partial charge on any atom is 0.191 e. The molecular weight excluding hydrogens is 298 g/mol. The zero-order chi connectivity index (χ0) is 16.6. The number of morpholine rings is 1. The molecule has 0 radical (unpaired) electrons. The second kappa shape index (κ2) is 8.50. The van der Waals surface area contributed by atoms with Crippen molar-refractivity contribution < 1.29 is 4.74 Å². The average Bonchev–Trinajstić information content (AvgIpc) is 2.67. The quantitative estimate of drug-likeness (QED) is 0.680. The molecule has 1 saturated heterocycles. The molecule has 1 aliphatic heterocycles. The van der Waals surface area contributed by atoms with Gasteiger partial charge < -0.3 is 15.4 Å². The van der Waals surface area contributed by atoms with Crippen LogP contribution >= 0.6 is 0 Å². The summed E-state index contributed by atoms with van der Waals surface area (Å²) < 4.78 is 5.37. The number of aliphatic imine (C=N–C) groups is 1. The Bertz CT molecular complexity index is 636. The number of nitrogens with zero attached hydrogens (tertiary/aromatic N) is 2. The Morgan fingerprint density at radius 1 is 1.00 bits per heavy atom. The topological polar surface area (TPSA) is 50.8 Å². The molecule has 1 fully saturated rings. The van der Waals surface area contributed by atoms with Gasteiger partial charge in [-0.15, -0.1) is 0 Å². The number of rotatable bonds is 5. The summed E-state index contributed by atoms with van der Waals surface area (Å²) in [5, 5.41) is 0. The lowest BCUT2D eigenvalue weighted by Crippen LogP contribution is -2.45. The summed E-state index contributed by atoms with van der Waals surface area (Å²) in [6.45, 7) is 3.79. The fourth-order valence-electron chi connectivity index (χ4n) is 3.01. The molecule has 1 unspecified atom stereocenters. The Morgan fingerprint density at radius 3 is 2.29 bits per heavy atom. The van der Waals surface area contributed by atoms with E-state index in [1.807, 2.05) is 0 Å². The van der Waals surface area contributed by atoms with E-state index < -0.39 is 0 Å². The van der Waals surface area contributed by atoms with Crippen LogP contribution in [-0.4, -0.2) is 43.7 Å². The van der Waals surface area contributed by atoms with Crippen molar-refractivity contribution in [1.29, 1.82) is 0 Å². The third-order valence-corrected chi connectivity index (χ3v) is 4.40. The Kier molecular flexibility index (Phi) is 5.85. The summed E-state index contributed by atoms with van der Waals surface area (Å²) >= 11 is 0. The minimum absolute atomic E-state index is 0.327. The van der Waals surface area contributed by atoms with Crippen LogP contribution in [-0.2, 0) is 11.2 Å². The molecule has 2 aromatic rings. The maximum absolute atomic E-state index is 6.19. The van der Waals surface area contributed by atoms with Gasteiger partial charge in [0.1, 0.15) is 0 Å². The van der Waals surface area contributed by atoms with Crippen LogP contribution in [0.15, 0.2) is 65.7 Å². The predicted molar refractivity (Wildman–Crippen MR) is 98.2 cm³/mol. The van der Waals surface area contributed by atoms with Crippen molar-refractivity contribution >= 4 is 5.96 Å². The lowest BCUT2D eigenvalue weighted by molar-refractivity contribution is 0.0674. The highest BCUT2D eigenvalue weighted by atomic mass is 16.5. The van der Waals surface area contributed by atoms with Crippen LogP contribution in [0.1, 0.15) is 17.0 Å². The summed E-state index contributed by atoms with van der Waals surface area (Å²) in [6.07, 6.45) is 0.963. The fourth-order valence-corrected chi connectivity index (χ4v) is 3.01. The summed E-state index contributed by atoms with van der Waals surface area (Å²) in [4.78, 5) is 6.79. The molecule has 1 heterocycles. The first-order valence-electron chi connectivity index (χ1n) is 8.54. The Hall–Kier alpha value is -2.33. The first-order valence-corrected chi connectivity index (χ1v) is 8.54. The molecule has 0 aliphatic carbocycles. The first-order chi connectivity index (χ1) is 11.8. The molecule has 2 N–H and O–H groups in total. The smallest absolute Gasteiger partial charge is 0.191 e. The number of hydrogen-bond donors (Lipinski definition) is 1. The van der Waals surface area contributed by atoms with Crippen LogP contribution in [0.2, 0.25) is 0 Å². The first kappa shape index (κ1) is 16.5. The third-order valence-electron chi connectivity index (χ3n) is 4.40. The molecule has 1 atom stereocenters. The van der Waals surface area contributed by atoms with Gasteiger partial charge in [-0.05, 0) is 17.5 Å². The van der Waals surface area contributed by atoms with E-state index in [1.54, 1.807) is 0 Å². The Labute approximate surface area is 144 Å². The molecule has 3 rings (SSSR count). The Morgan fingerprint density at radius 2 is 1.62 bits per heavy atom. The number of nitrogens with two attached hydrogens (primary N) is 1. The van der Waals surface area contributed by atoms with Gasteiger partial charge in [0.2, 0.25) is 0 Å². The van der Waals surface area contributed by atoms with Gasteiger partial charge in [-0.2, -0.15) is 0 Å². The van der Waals surface area contributed by atoms with Gasteiger partial charge in [0.25, 0.3) is 0 Å². The van der Waals surface area contributed by atoms with Crippen LogP contribution in [0.5, 0.6) is 0 Å².